The van der Waals surface area contributed by atoms with Crippen molar-refractivity contribution in [2.75, 3.05) is 25.6 Å². The molecule has 4 heterocycles. The minimum atomic E-state index is 0.109. The van der Waals surface area contributed by atoms with E-state index in [1.807, 2.05) is 12.1 Å². The fraction of sp³-hybridized carbons (Fsp3) is 0.476. The molecule has 158 valence electrons. The molecule has 0 amide bonds. The fourth-order valence-electron chi connectivity index (χ4n) is 5.06. The number of nitrogens with zero attached hydrogens (tertiary/aromatic N) is 4. The summed E-state index contributed by atoms with van der Waals surface area (Å²) < 4.78 is 5.91. The molecule has 1 aromatic carbocycles. The molecular weight excluding hydrogens is 400 g/mol. The van der Waals surface area contributed by atoms with Gasteiger partial charge in [-0.1, -0.05) is 24.3 Å². The Balaban J connectivity index is 1.43. The van der Waals surface area contributed by atoms with Gasteiger partial charge < -0.3 is 20.1 Å². The predicted octanol–water partition coefficient (Wildman–Crippen LogP) is 2.89. The summed E-state index contributed by atoms with van der Waals surface area (Å²) in [4.78, 5) is 2.22. The van der Waals surface area contributed by atoms with Crippen molar-refractivity contribution < 1.29 is 9.84 Å². The molecule has 30 heavy (non-hydrogen) atoms. The molecule has 6 rings (SSSR count). The van der Waals surface area contributed by atoms with E-state index in [1.54, 1.807) is 25.6 Å². The molecule has 8 nitrogen and oxygen atoms in total. The zero-order valence-corrected chi connectivity index (χ0v) is 18.1. The first-order chi connectivity index (χ1) is 14.5. The van der Waals surface area contributed by atoms with Gasteiger partial charge in [-0.15, -0.1) is 10.2 Å². The summed E-state index contributed by atoms with van der Waals surface area (Å²) in [5.74, 6) is 0.182. The van der Waals surface area contributed by atoms with Gasteiger partial charge in [0.05, 0.1) is 23.9 Å². The third kappa shape index (κ3) is 3.08. The minimum absolute atomic E-state index is 0.109. The van der Waals surface area contributed by atoms with Crippen LogP contribution in [0, 0.1) is 5.41 Å². The van der Waals surface area contributed by atoms with Gasteiger partial charge in [-0.2, -0.15) is 5.10 Å². The number of aromatic hydroxyl groups is 1. The third-order valence-electron chi connectivity index (χ3n) is 6.68. The standard InChI is InChI=1S/C21H26N6O2S/c1-21-7-6-15(22-11-21)17(29-3)18(21)27(2)20-26-25-19(30-20)14-5-4-12(8-16(14)28)13-9-23-24-10-13/h4-5,8-10,15,17-18,22,28H,6-7,11H2,1-3H3,(H,23,24)/t15?,17?,18-,21+/m1/s1. The molecule has 2 aromatic heterocycles. The van der Waals surface area contributed by atoms with Crippen LogP contribution in [0.2, 0.25) is 0 Å². The second-order valence-electron chi connectivity index (χ2n) is 8.54. The highest BCUT2D eigenvalue weighted by Gasteiger charge is 2.53. The number of anilines is 1. The van der Waals surface area contributed by atoms with Crippen molar-refractivity contribution in [2.24, 2.45) is 5.41 Å². The average molecular weight is 427 g/mol. The SMILES string of the molecule is COC1C2CC[C@@](C)(CN2)[C@@H]1N(C)c1nnc(-c2ccc(-c3cn[nH]c3)cc2O)s1. The average Bonchev–Trinajstić information content (AvgIpc) is 3.45. The number of benzene rings is 1. The van der Waals surface area contributed by atoms with Crippen LogP contribution >= 0.6 is 11.3 Å². The molecule has 1 aliphatic carbocycles. The van der Waals surface area contributed by atoms with Crippen molar-refractivity contribution in [1.29, 1.82) is 0 Å². The van der Waals surface area contributed by atoms with E-state index in [9.17, 15) is 5.11 Å². The summed E-state index contributed by atoms with van der Waals surface area (Å²) in [6.45, 7) is 3.30. The Morgan fingerprint density at radius 2 is 2.17 bits per heavy atom. The highest BCUT2D eigenvalue weighted by Crippen LogP contribution is 2.46. The molecule has 3 fully saturated rings. The molecule has 2 bridgehead atoms. The van der Waals surface area contributed by atoms with Crippen LogP contribution in [0.15, 0.2) is 30.6 Å². The maximum atomic E-state index is 10.6. The lowest BCUT2D eigenvalue weighted by Gasteiger charge is -2.57. The Hall–Kier alpha value is -2.49. The lowest BCUT2D eigenvalue weighted by molar-refractivity contribution is -0.0607. The van der Waals surface area contributed by atoms with Crippen LogP contribution in [-0.4, -0.2) is 64.4 Å². The second-order valence-corrected chi connectivity index (χ2v) is 9.50. The van der Waals surface area contributed by atoms with Crippen LogP contribution in [0.25, 0.3) is 21.7 Å². The fourth-order valence-corrected chi connectivity index (χ4v) is 5.93. The van der Waals surface area contributed by atoms with Gasteiger partial charge in [0.1, 0.15) is 5.75 Å². The van der Waals surface area contributed by atoms with E-state index in [0.717, 1.165) is 29.2 Å². The number of hydrogen-bond donors (Lipinski definition) is 3. The molecule has 3 aliphatic rings. The van der Waals surface area contributed by atoms with Crippen molar-refractivity contribution in [3.8, 4) is 27.4 Å². The Morgan fingerprint density at radius 1 is 1.30 bits per heavy atom. The van der Waals surface area contributed by atoms with E-state index >= 15 is 0 Å². The van der Waals surface area contributed by atoms with Crippen molar-refractivity contribution in [1.82, 2.24) is 25.7 Å². The van der Waals surface area contributed by atoms with Gasteiger partial charge in [0.2, 0.25) is 5.13 Å². The summed E-state index contributed by atoms with van der Waals surface area (Å²) in [5, 5.41) is 31.4. The van der Waals surface area contributed by atoms with Crippen molar-refractivity contribution in [2.45, 2.75) is 38.0 Å². The van der Waals surface area contributed by atoms with Gasteiger partial charge in [-0.25, -0.2) is 0 Å². The molecule has 3 N–H and O–H groups in total. The first-order valence-corrected chi connectivity index (χ1v) is 11.0. The zero-order valence-electron chi connectivity index (χ0n) is 17.3. The number of H-pyrrole nitrogens is 1. The quantitative estimate of drug-likeness (QED) is 0.577. The van der Waals surface area contributed by atoms with Crippen LogP contribution in [-0.2, 0) is 4.74 Å². The number of aromatic amines is 1. The Morgan fingerprint density at radius 3 is 2.83 bits per heavy atom. The molecule has 3 aromatic rings. The number of nitrogens with one attached hydrogen (secondary N) is 2. The molecular formula is C21H26N6O2S. The molecule has 2 aliphatic heterocycles. The van der Waals surface area contributed by atoms with Crippen molar-refractivity contribution in [3.05, 3.63) is 30.6 Å². The highest BCUT2D eigenvalue weighted by molar-refractivity contribution is 7.18. The van der Waals surface area contributed by atoms with Gasteiger partial charge in [0, 0.05) is 43.9 Å². The first-order valence-electron chi connectivity index (χ1n) is 10.2. The second kappa shape index (κ2) is 7.33. The van der Waals surface area contributed by atoms with E-state index in [4.69, 9.17) is 4.74 Å². The topological polar surface area (TPSA) is 99.2 Å². The number of hydrogen-bond acceptors (Lipinski definition) is 8. The van der Waals surface area contributed by atoms with E-state index in [2.05, 4.69) is 44.6 Å². The highest BCUT2D eigenvalue weighted by atomic mass is 32.1. The van der Waals surface area contributed by atoms with E-state index in [0.29, 0.717) is 16.6 Å². The van der Waals surface area contributed by atoms with Gasteiger partial charge in [-0.3, -0.25) is 5.10 Å². The number of rotatable bonds is 5. The maximum Gasteiger partial charge on any atom is 0.208 e. The van der Waals surface area contributed by atoms with E-state index in [1.165, 1.54) is 17.8 Å². The number of phenols is 1. The third-order valence-corrected chi connectivity index (χ3v) is 7.73. The number of aromatic nitrogens is 4. The maximum absolute atomic E-state index is 10.6. The molecule has 0 spiro atoms. The lowest BCUT2D eigenvalue weighted by Crippen LogP contribution is -2.70. The summed E-state index contributed by atoms with van der Waals surface area (Å²) in [5.41, 5.74) is 2.62. The van der Waals surface area contributed by atoms with Crippen molar-refractivity contribution >= 4 is 16.5 Å². The normalized spacial score (nSPS) is 28.0. The summed E-state index contributed by atoms with van der Waals surface area (Å²) in [7, 11) is 3.87. The predicted molar refractivity (Wildman–Crippen MR) is 117 cm³/mol. The van der Waals surface area contributed by atoms with Crippen LogP contribution in [0.1, 0.15) is 19.8 Å². The van der Waals surface area contributed by atoms with E-state index in [-0.39, 0.29) is 23.3 Å². The number of methoxy groups -OCH3 is 1. The Bertz CT molecular complexity index is 1030. The summed E-state index contributed by atoms with van der Waals surface area (Å²) in [6, 6.07) is 6.17. The largest absolute Gasteiger partial charge is 0.507 e. The van der Waals surface area contributed by atoms with E-state index < -0.39 is 0 Å². The van der Waals surface area contributed by atoms with Gasteiger partial charge >= 0.3 is 0 Å². The molecule has 0 radical (unpaired) electrons. The number of ether oxygens (including phenoxy) is 1. The molecule has 4 atom stereocenters. The lowest BCUT2D eigenvalue weighted by atomic mass is 9.64. The van der Waals surface area contributed by atoms with Crippen molar-refractivity contribution in [3.63, 3.8) is 0 Å². The Labute approximate surface area is 179 Å². The molecule has 2 unspecified atom stereocenters. The van der Waals surface area contributed by atoms with Gasteiger partial charge in [0.15, 0.2) is 5.01 Å². The van der Waals surface area contributed by atoms with Gasteiger partial charge in [-0.05, 0) is 30.5 Å². The number of fused-ring (bicyclic) bond motifs is 3. The van der Waals surface area contributed by atoms with Crippen LogP contribution in [0.5, 0.6) is 5.75 Å². The number of likely N-dealkylation sites (N-methyl/N-ethyl adjacent to an activating group) is 1. The summed E-state index contributed by atoms with van der Waals surface area (Å²) in [6.07, 6.45) is 5.94. The van der Waals surface area contributed by atoms with Gasteiger partial charge in [0.25, 0.3) is 0 Å². The number of piperidine rings is 2. The minimum Gasteiger partial charge on any atom is -0.507 e. The first kappa shape index (κ1) is 19.5. The summed E-state index contributed by atoms with van der Waals surface area (Å²) >= 11 is 1.49. The van der Waals surface area contributed by atoms with Crippen LogP contribution < -0.4 is 10.2 Å². The smallest absolute Gasteiger partial charge is 0.208 e. The van der Waals surface area contributed by atoms with Crippen LogP contribution in [0.3, 0.4) is 0 Å². The Kier molecular flexibility index (Phi) is 4.76. The molecule has 2 saturated heterocycles. The molecule has 1 saturated carbocycles. The van der Waals surface area contributed by atoms with Crippen LogP contribution in [0.4, 0.5) is 5.13 Å². The zero-order chi connectivity index (χ0) is 20.9. The monoisotopic (exact) mass is 426 g/mol. The molecule has 9 heteroatoms. The number of phenolic OH excluding ortho intramolecular Hbond substituents is 1.